The Morgan fingerprint density at radius 2 is 1.49 bits per heavy atom. The quantitative estimate of drug-likeness (QED) is 0.139. The van der Waals surface area contributed by atoms with Gasteiger partial charge < -0.3 is 59.8 Å². The van der Waals surface area contributed by atoms with E-state index in [0.29, 0.717) is 25.7 Å². The molecule has 2 aliphatic heterocycles. The third-order valence-corrected chi connectivity index (χ3v) is 17.1. The molecule has 6 rings (SSSR count). The summed E-state index contributed by atoms with van der Waals surface area (Å²) in [5.41, 5.74) is -0.658. The second-order valence-electron chi connectivity index (χ2n) is 21.2. The summed E-state index contributed by atoms with van der Waals surface area (Å²) < 4.78 is 24.2. The highest BCUT2D eigenvalue weighted by atomic mass is 16.7. The number of ether oxygens (including phenoxy) is 4. The summed E-state index contributed by atoms with van der Waals surface area (Å²) >= 11 is 0. The van der Waals surface area contributed by atoms with Crippen LogP contribution in [0.2, 0.25) is 0 Å². The number of fused-ring (bicyclic) bond motifs is 4. The van der Waals surface area contributed by atoms with Crippen molar-refractivity contribution >= 4 is 5.97 Å². The van der Waals surface area contributed by atoms with Crippen LogP contribution in [0.5, 0.6) is 0 Å². The van der Waals surface area contributed by atoms with E-state index in [1.807, 2.05) is 6.92 Å². The Balaban J connectivity index is 1.21. The normalized spacial score (nSPS) is 46.4. The molecule has 328 valence electrons. The maximum absolute atomic E-state index is 13.8. The van der Waals surface area contributed by atoms with Gasteiger partial charge in [-0.15, -0.1) is 0 Å². The minimum Gasteiger partial charge on any atom is -0.481 e. The molecule has 0 bridgehead atoms. The van der Waals surface area contributed by atoms with E-state index in [9.17, 15) is 45.6 Å². The number of aliphatic hydroxyl groups is 7. The summed E-state index contributed by atoms with van der Waals surface area (Å²) in [5.74, 6) is -0.0620. The second-order valence-corrected chi connectivity index (χ2v) is 21.2. The summed E-state index contributed by atoms with van der Waals surface area (Å²) in [6, 6.07) is 0. The van der Waals surface area contributed by atoms with E-state index in [2.05, 4.69) is 55.4 Å². The average molecular weight is 811 g/mol. The lowest BCUT2D eigenvalue weighted by molar-refractivity contribution is -0.355. The third-order valence-electron chi connectivity index (χ3n) is 17.1. The Morgan fingerprint density at radius 1 is 0.842 bits per heavy atom. The van der Waals surface area contributed by atoms with E-state index in [0.717, 1.165) is 44.1 Å². The molecule has 8 N–H and O–H groups in total. The van der Waals surface area contributed by atoms with Crippen LogP contribution in [0.25, 0.3) is 0 Å². The maximum atomic E-state index is 13.8. The molecule has 2 saturated heterocycles. The lowest BCUT2D eigenvalue weighted by atomic mass is 9.43. The fourth-order valence-corrected chi connectivity index (χ4v) is 12.9. The van der Waals surface area contributed by atoms with Gasteiger partial charge in [-0.3, -0.25) is 4.79 Å². The van der Waals surface area contributed by atoms with Crippen LogP contribution in [0, 0.1) is 44.8 Å². The number of aliphatic hydroxyl groups excluding tert-OH is 6. The molecular weight excluding hydrogens is 736 g/mol. The Hall–Kier alpha value is -1.23. The predicted octanol–water partition coefficient (Wildman–Crippen LogP) is 4.05. The van der Waals surface area contributed by atoms with Crippen molar-refractivity contribution in [3.63, 3.8) is 0 Å². The maximum Gasteiger partial charge on any atom is 0.314 e. The molecule has 0 amide bonds. The predicted molar refractivity (Wildman–Crippen MR) is 209 cm³/mol. The molecule has 17 atom stereocenters. The number of hydrogen-bond acceptors (Lipinski definition) is 12. The Labute approximate surface area is 339 Å². The van der Waals surface area contributed by atoms with Crippen molar-refractivity contribution < 1.29 is 64.6 Å². The van der Waals surface area contributed by atoms with Gasteiger partial charge in [0.2, 0.25) is 0 Å². The molecule has 2 saturated carbocycles. The van der Waals surface area contributed by atoms with Crippen molar-refractivity contribution in [2.45, 2.75) is 200 Å². The van der Waals surface area contributed by atoms with Gasteiger partial charge in [0.1, 0.15) is 36.6 Å². The van der Waals surface area contributed by atoms with Crippen LogP contribution < -0.4 is 0 Å². The minimum absolute atomic E-state index is 0.138. The number of allylic oxidation sites excluding steroid dienone is 1. The number of aliphatic carboxylic acids is 1. The van der Waals surface area contributed by atoms with Crippen molar-refractivity contribution in [3.05, 3.63) is 11.1 Å². The molecule has 57 heavy (non-hydrogen) atoms. The van der Waals surface area contributed by atoms with Gasteiger partial charge in [-0.05, 0) is 111 Å². The second kappa shape index (κ2) is 15.9. The number of hydrogen-bond donors (Lipinski definition) is 8. The molecule has 2 heterocycles. The Bertz CT molecular complexity index is 1490. The van der Waals surface area contributed by atoms with Crippen LogP contribution in [0.4, 0.5) is 0 Å². The zero-order valence-corrected chi connectivity index (χ0v) is 35.8. The fourth-order valence-electron chi connectivity index (χ4n) is 12.9. The van der Waals surface area contributed by atoms with E-state index < -0.39 is 102 Å². The Morgan fingerprint density at radius 3 is 2.11 bits per heavy atom. The van der Waals surface area contributed by atoms with Gasteiger partial charge in [-0.2, -0.15) is 0 Å². The first-order valence-electron chi connectivity index (χ1n) is 21.7. The summed E-state index contributed by atoms with van der Waals surface area (Å²) in [4.78, 5) is 13.8. The molecule has 4 aliphatic carbocycles. The monoisotopic (exact) mass is 811 g/mol. The molecule has 0 aromatic carbocycles. The van der Waals surface area contributed by atoms with Gasteiger partial charge >= 0.3 is 5.97 Å². The van der Waals surface area contributed by atoms with Crippen LogP contribution in [0.1, 0.15) is 133 Å². The van der Waals surface area contributed by atoms with Gasteiger partial charge in [0.15, 0.2) is 12.6 Å². The van der Waals surface area contributed by atoms with Crippen LogP contribution in [0.3, 0.4) is 0 Å². The molecule has 1 unspecified atom stereocenters. The summed E-state index contributed by atoms with van der Waals surface area (Å²) in [5, 5.41) is 85.6. The molecule has 0 aromatic heterocycles. The van der Waals surface area contributed by atoms with E-state index in [1.165, 1.54) is 5.57 Å². The molecular formula is C44H74O13. The van der Waals surface area contributed by atoms with Crippen molar-refractivity contribution in [2.24, 2.45) is 44.8 Å². The van der Waals surface area contributed by atoms with Crippen LogP contribution in [-0.4, -0.2) is 127 Å². The molecule has 0 spiro atoms. The molecule has 6 aliphatic rings. The lowest BCUT2D eigenvalue weighted by Crippen LogP contribution is -2.63. The Kier molecular flexibility index (Phi) is 12.6. The van der Waals surface area contributed by atoms with Gasteiger partial charge in [0, 0.05) is 6.42 Å². The number of carboxylic acids is 1. The van der Waals surface area contributed by atoms with Crippen molar-refractivity contribution in [1.82, 2.24) is 0 Å². The summed E-state index contributed by atoms with van der Waals surface area (Å²) in [7, 11) is 0. The zero-order chi connectivity index (χ0) is 42.3. The molecule has 4 fully saturated rings. The van der Waals surface area contributed by atoms with Crippen LogP contribution in [0.15, 0.2) is 11.1 Å². The number of rotatable bonds is 11. The fraction of sp³-hybridized carbons (Fsp3) is 0.932. The first-order chi connectivity index (χ1) is 26.4. The highest BCUT2D eigenvalue weighted by Crippen LogP contribution is 2.73. The molecule has 13 nitrogen and oxygen atoms in total. The van der Waals surface area contributed by atoms with E-state index in [1.54, 1.807) is 0 Å². The largest absolute Gasteiger partial charge is 0.481 e. The standard InChI is InChI=1S/C44H74O13/c1-23(12-18-43(9,53)39(2,3)4)24-14-19-44(38(51)52)26-10-11-30-40(5,6)31(15-16-41(30,7)25(26)13-17-42(24,44)8)56-37-35(50)36(34(49)29(22-46)55-37)57-32-20-27(47)33(48)28(21-45)54-32/h23-24,27-37,45-50,53H,10-22H2,1-9H3,(H,51,52)/t23-,24-,27-,28-,29-,30+,31+,32+,33+,34+,35-,36+,37+,41-,42-,43?,44+/m1/s1. The molecule has 0 aromatic rings. The van der Waals surface area contributed by atoms with Crippen LogP contribution in [-0.2, 0) is 23.7 Å². The molecule has 13 heteroatoms. The summed E-state index contributed by atoms with van der Waals surface area (Å²) in [6.07, 6.45) is -4.65. The summed E-state index contributed by atoms with van der Waals surface area (Å²) in [6.45, 7) is 18.1. The first-order valence-corrected chi connectivity index (χ1v) is 21.7. The van der Waals surface area contributed by atoms with E-state index >= 15 is 0 Å². The van der Waals surface area contributed by atoms with Crippen LogP contribution >= 0.6 is 0 Å². The average Bonchev–Trinajstić information content (AvgIpc) is 3.46. The molecule has 0 radical (unpaired) electrons. The zero-order valence-electron chi connectivity index (χ0n) is 35.8. The highest BCUT2D eigenvalue weighted by Gasteiger charge is 2.68. The minimum atomic E-state index is -1.50. The smallest absolute Gasteiger partial charge is 0.314 e. The highest BCUT2D eigenvalue weighted by molar-refractivity contribution is 5.82. The van der Waals surface area contributed by atoms with Gasteiger partial charge in [-0.25, -0.2) is 0 Å². The first kappa shape index (κ1) is 45.3. The number of carboxylic acid groups (broad SMARTS) is 1. The SMILES string of the molecule is C[C@H](CCC(C)(O)C(C)(C)C)[C@H]1CC[C@@]2(C(=O)O)C3=C(CC[C@]12C)[C@@]1(C)CC[C@H](O[C@@H]2O[C@H](CO)[C@H](O)[C@H](O[C@H]4C[C@@H](O)[C@H](O)[C@@H](CO)O4)[C@H]2O)C(C)(C)[C@@H]1CC3. The van der Waals surface area contributed by atoms with E-state index in [-0.39, 0.29) is 35.0 Å². The lowest BCUT2D eigenvalue weighted by Gasteiger charge is -2.62. The van der Waals surface area contributed by atoms with Gasteiger partial charge in [0.05, 0.1) is 36.4 Å². The van der Waals surface area contributed by atoms with Gasteiger partial charge in [-0.1, -0.05) is 66.5 Å². The van der Waals surface area contributed by atoms with E-state index in [4.69, 9.17) is 18.9 Å². The topological polar surface area (TPSA) is 216 Å². The van der Waals surface area contributed by atoms with Crippen molar-refractivity contribution in [2.75, 3.05) is 13.2 Å². The number of carbonyl (C=O) groups is 1. The van der Waals surface area contributed by atoms with Gasteiger partial charge in [0.25, 0.3) is 0 Å². The van der Waals surface area contributed by atoms with Crippen molar-refractivity contribution in [1.29, 1.82) is 0 Å². The van der Waals surface area contributed by atoms with Crippen molar-refractivity contribution in [3.8, 4) is 0 Å². The third kappa shape index (κ3) is 7.38.